The van der Waals surface area contributed by atoms with Crippen LogP contribution in [0, 0.1) is 10.1 Å². The molecular weight excluding hydrogens is 170 g/mol. The standard InChI is InChI=1S/C8H7N3O2/c12-11(13)6-7-5-9-8-3-1-2-4-10(7)8/h1-5H,6H2. The van der Waals surface area contributed by atoms with Gasteiger partial charge in [-0.2, -0.15) is 0 Å². The highest BCUT2D eigenvalue weighted by molar-refractivity contribution is 5.39. The van der Waals surface area contributed by atoms with E-state index in [4.69, 9.17) is 0 Å². The van der Waals surface area contributed by atoms with Gasteiger partial charge in [-0.05, 0) is 12.1 Å². The maximum atomic E-state index is 10.3. The Hall–Kier alpha value is -1.91. The third-order valence-corrected chi connectivity index (χ3v) is 1.78. The molecule has 5 nitrogen and oxygen atoms in total. The molecule has 0 saturated carbocycles. The van der Waals surface area contributed by atoms with Crippen LogP contribution in [0.25, 0.3) is 5.65 Å². The molecule has 2 aromatic heterocycles. The number of hydrogen-bond donors (Lipinski definition) is 0. The summed E-state index contributed by atoms with van der Waals surface area (Å²) >= 11 is 0. The van der Waals surface area contributed by atoms with E-state index in [0.29, 0.717) is 5.69 Å². The normalized spacial score (nSPS) is 10.5. The molecule has 0 fully saturated rings. The van der Waals surface area contributed by atoms with Crippen molar-refractivity contribution in [3.05, 3.63) is 46.4 Å². The number of nitro groups is 1. The second kappa shape index (κ2) is 2.85. The fourth-order valence-electron chi connectivity index (χ4n) is 1.23. The highest BCUT2D eigenvalue weighted by atomic mass is 16.6. The fourth-order valence-corrected chi connectivity index (χ4v) is 1.23. The summed E-state index contributed by atoms with van der Waals surface area (Å²) in [5.74, 6) is 0. The van der Waals surface area contributed by atoms with Crippen LogP contribution in [-0.4, -0.2) is 14.3 Å². The highest BCUT2D eigenvalue weighted by Gasteiger charge is 2.07. The van der Waals surface area contributed by atoms with Crippen LogP contribution in [0.5, 0.6) is 0 Å². The van der Waals surface area contributed by atoms with Gasteiger partial charge in [-0.25, -0.2) is 4.98 Å². The van der Waals surface area contributed by atoms with Crippen molar-refractivity contribution in [1.29, 1.82) is 0 Å². The van der Waals surface area contributed by atoms with Gasteiger partial charge in [-0.1, -0.05) is 6.07 Å². The van der Waals surface area contributed by atoms with Gasteiger partial charge in [0, 0.05) is 11.1 Å². The Kier molecular flexibility index (Phi) is 1.70. The van der Waals surface area contributed by atoms with E-state index >= 15 is 0 Å². The Morgan fingerprint density at radius 2 is 2.38 bits per heavy atom. The lowest BCUT2D eigenvalue weighted by molar-refractivity contribution is -0.497. The van der Waals surface area contributed by atoms with E-state index in [1.165, 1.54) is 6.20 Å². The molecule has 2 heterocycles. The smallest absolute Gasteiger partial charge is 0.245 e. The third kappa shape index (κ3) is 1.35. The molecule has 5 heteroatoms. The Balaban J connectivity index is 2.51. The molecule has 0 atom stereocenters. The van der Waals surface area contributed by atoms with Gasteiger partial charge in [-0.15, -0.1) is 0 Å². The Morgan fingerprint density at radius 3 is 3.15 bits per heavy atom. The second-order valence-corrected chi connectivity index (χ2v) is 2.67. The fraction of sp³-hybridized carbons (Fsp3) is 0.125. The van der Waals surface area contributed by atoms with E-state index in [1.807, 2.05) is 18.2 Å². The van der Waals surface area contributed by atoms with Crippen molar-refractivity contribution in [3.8, 4) is 0 Å². The van der Waals surface area contributed by atoms with Crippen LogP contribution in [0.1, 0.15) is 5.69 Å². The maximum absolute atomic E-state index is 10.3. The lowest BCUT2D eigenvalue weighted by Crippen LogP contribution is -2.01. The van der Waals surface area contributed by atoms with Gasteiger partial charge in [0.2, 0.25) is 6.54 Å². The molecule has 0 amide bonds. The highest BCUT2D eigenvalue weighted by Crippen LogP contribution is 2.06. The zero-order chi connectivity index (χ0) is 9.26. The lowest BCUT2D eigenvalue weighted by atomic mass is 10.4. The molecule has 0 aliphatic carbocycles. The van der Waals surface area contributed by atoms with E-state index in [-0.39, 0.29) is 11.5 Å². The lowest BCUT2D eigenvalue weighted by Gasteiger charge is -1.94. The number of hydrogen-bond acceptors (Lipinski definition) is 3. The zero-order valence-corrected chi connectivity index (χ0v) is 6.75. The van der Waals surface area contributed by atoms with Crippen LogP contribution < -0.4 is 0 Å². The second-order valence-electron chi connectivity index (χ2n) is 2.67. The molecule has 13 heavy (non-hydrogen) atoms. The molecule has 2 aromatic rings. The number of imidazole rings is 1. The van der Waals surface area contributed by atoms with E-state index in [2.05, 4.69) is 4.98 Å². The molecule has 0 saturated heterocycles. The largest absolute Gasteiger partial charge is 0.298 e. The minimum Gasteiger partial charge on any atom is -0.298 e. The van der Waals surface area contributed by atoms with Crippen molar-refractivity contribution < 1.29 is 4.92 Å². The SMILES string of the molecule is O=[N+]([O-])Cc1cnc2ccccn12. The van der Waals surface area contributed by atoms with Crippen LogP contribution in [0.15, 0.2) is 30.6 Å². The van der Waals surface area contributed by atoms with Crippen molar-refractivity contribution in [2.75, 3.05) is 0 Å². The minimum atomic E-state index is -0.365. The van der Waals surface area contributed by atoms with Crippen LogP contribution >= 0.6 is 0 Å². The van der Waals surface area contributed by atoms with E-state index in [9.17, 15) is 10.1 Å². The average Bonchev–Trinajstić information content (AvgIpc) is 2.48. The summed E-state index contributed by atoms with van der Waals surface area (Å²) in [4.78, 5) is 13.9. The summed E-state index contributed by atoms with van der Waals surface area (Å²) < 4.78 is 1.71. The van der Waals surface area contributed by atoms with Gasteiger partial charge in [0.1, 0.15) is 11.3 Å². The van der Waals surface area contributed by atoms with E-state index < -0.39 is 0 Å². The molecule has 0 bridgehead atoms. The molecule has 0 aliphatic heterocycles. The van der Waals surface area contributed by atoms with Gasteiger partial charge < -0.3 is 0 Å². The zero-order valence-electron chi connectivity index (χ0n) is 6.75. The molecule has 0 N–H and O–H groups in total. The van der Waals surface area contributed by atoms with Gasteiger partial charge >= 0.3 is 0 Å². The van der Waals surface area contributed by atoms with Gasteiger partial charge in [-0.3, -0.25) is 14.5 Å². The summed E-state index contributed by atoms with van der Waals surface area (Å²) in [6.45, 7) is -0.189. The Morgan fingerprint density at radius 1 is 1.54 bits per heavy atom. The number of rotatable bonds is 2. The summed E-state index contributed by atoms with van der Waals surface area (Å²) in [6, 6.07) is 5.47. The first-order valence-electron chi connectivity index (χ1n) is 3.80. The number of pyridine rings is 1. The summed E-state index contributed by atoms with van der Waals surface area (Å²) in [5.41, 5.74) is 1.33. The van der Waals surface area contributed by atoms with Gasteiger partial charge in [0.15, 0.2) is 0 Å². The third-order valence-electron chi connectivity index (χ3n) is 1.78. The first-order chi connectivity index (χ1) is 6.27. The molecule has 0 radical (unpaired) electrons. The monoisotopic (exact) mass is 177 g/mol. The molecule has 0 aliphatic rings. The number of nitrogens with zero attached hydrogens (tertiary/aromatic N) is 3. The predicted molar refractivity (Wildman–Crippen MR) is 45.9 cm³/mol. The Bertz CT molecular complexity index is 449. The van der Waals surface area contributed by atoms with E-state index in [0.717, 1.165) is 5.65 Å². The quantitative estimate of drug-likeness (QED) is 0.510. The summed E-state index contributed by atoms with van der Waals surface area (Å²) in [5, 5.41) is 10.3. The molecule has 66 valence electrons. The minimum absolute atomic E-state index is 0.189. The van der Waals surface area contributed by atoms with Crippen molar-refractivity contribution in [3.63, 3.8) is 0 Å². The first kappa shape index (κ1) is 7.72. The van der Waals surface area contributed by atoms with Crippen molar-refractivity contribution in [1.82, 2.24) is 9.38 Å². The molecule has 0 spiro atoms. The maximum Gasteiger partial charge on any atom is 0.245 e. The number of fused-ring (bicyclic) bond motifs is 1. The van der Waals surface area contributed by atoms with E-state index in [1.54, 1.807) is 10.6 Å². The van der Waals surface area contributed by atoms with Crippen molar-refractivity contribution in [2.24, 2.45) is 0 Å². The van der Waals surface area contributed by atoms with Crippen LogP contribution in [0.3, 0.4) is 0 Å². The molecule has 2 rings (SSSR count). The summed E-state index contributed by atoms with van der Waals surface area (Å²) in [6.07, 6.45) is 3.29. The van der Waals surface area contributed by atoms with Gasteiger partial charge in [0.05, 0.1) is 6.20 Å². The number of aromatic nitrogens is 2. The first-order valence-corrected chi connectivity index (χ1v) is 3.80. The van der Waals surface area contributed by atoms with Crippen molar-refractivity contribution in [2.45, 2.75) is 6.54 Å². The average molecular weight is 177 g/mol. The predicted octanol–water partition coefficient (Wildman–Crippen LogP) is 1.11. The Labute approximate surface area is 73.8 Å². The van der Waals surface area contributed by atoms with Crippen LogP contribution in [0.2, 0.25) is 0 Å². The van der Waals surface area contributed by atoms with Crippen LogP contribution in [-0.2, 0) is 6.54 Å². The topological polar surface area (TPSA) is 60.4 Å². The van der Waals surface area contributed by atoms with Gasteiger partial charge in [0.25, 0.3) is 0 Å². The molecule has 0 aromatic carbocycles. The van der Waals surface area contributed by atoms with Crippen LogP contribution in [0.4, 0.5) is 0 Å². The van der Waals surface area contributed by atoms with Crippen molar-refractivity contribution >= 4 is 5.65 Å². The molecule has 0 unspecified atom stereocenters. The molecular formula is C8H7N3O2. The summed E-state index contributed by atoms with van der Waals surface area (Å²) in [7, 11) is 0.